The molecule has 25 heavy (non-hydrogen) atoms. The van der Waals surface area contributed by atoms with Gasteiger partial charge in [0.1, 0.15) is 5.17 Å². The van der Waals surface area contributed by atoms with E-state index < -0.39 is 17.3 Å². The van der Waals surface area contributed by atoms with Crippen molar-refractivity contribution < 1.29 is 8.78 Å². The number of aromatic amines is 2. The lowest BCUT2D eigenvalue weighted by molar-refractivity contribution is 0.403. The molecule has 0 spiro atoms. The molecule has 1 aliphatic rings. The Kier molecular flexibility index (Phi) is 5.84. The molecule has 0 aromatic carbocycles. The second-order valence-electron chi connectivity index (χ2n) is 5.84. The summed E-state index contributed by atoms with van der Waals surface area (Å²) < 4.78 is 25.3. The highest BCUT2D eigenvalue weighted by atomic mass is 35.5. The third-order valence-corrected chi connectivity index (χ3v) is 4.67. The summed E-state index contributed by atoms with van der Waals surface area (Å²) in [6.07, 6.45) is 1.46. The van der Waals surface area contributed by atoms with Gasteiger partial charge in [-0.15, -0.1) is 10.2 Å². The second kappa shape index (κ2) is 7.69. The first-order valence-corrected chi connectivity index (χ1v) is 7.91. The van der Waals surface area contributed by atoms with E-state index in [0.29, 0.717) is 6.42 Å². The summed E-state index contributed by atoms with van der Waals surface area (Å²) >= 11 is 6.13. The number of halogens is 3. The number of rotatable bonds is 6. The number of H-pyrrole nitrogens is 2. The molecule has 2 rings (SSSR count). The van der Waals surface area contributed by atoms with Gasteiger partial charge in [0.05, 0.1) is 11.3 Å². The molecule has 0 saturated heterocycles. The van der Waals surface area contributed by atoms with Crippen LogP contribution in [0, 0.1) is 17.8 Å². The molecular formula is C16H17ClF2N4O2. The highest BCUT2D eigenvalue weighted by Gasteiger charge is 2.44. The lowest BCUT2D eigenvalue weighted by Crippen LogP contribution is -2.26. The van der Waals surface area contributed by atoms with Crippen molar-refractivity contribution in [3.05, 3.63) is 56.9 Å². The number of nitrogens with zero attached hydrogens (tertiary/aromatic N) is 2. The number of aromatic nitrogens is 2. The largest absolute Gasteiger partial charge is 0.325 e. The van der Waals surface area contributed by atoms with Crippen molar-refractivity contribution in [1.29, 1.82) is 0 Å². The molecule has 1 heterocycles. The van der Waals surface area contributed by atoms with E-state index in [1.165, 1.54) is 19.2 Å². The lowest BCUT2D eigenvalue weighted by atomic mass is 10.0. The molecule has 2 N–H and O–H groups in total. The SMILES string of the molecule is C=C/C(=N\N=C(\Cl)C(C)C1C[C@@H]1C(C)=C(F)F)c1c[nH]c(=O)[nH]c1=O. The Bertz CT molecular complexity index is 881. The molecule has 2 unspecified atom stereocenters. The van der Waals surface area contributed by atoms with Crippen LogP contribution in [0.25, 0.3) is 0 Å². The Morgan fingerprint density at radius 3 is 2.68 bits per heavy atom. The first-order valence-electron chi connectivity index (χ1n) is 7.53. The summed E-state index contributed by atoms with van der Waals surface area (Å²) in [6, 6.07) is 0. The standard InChI is InChI=1S/C16H17ClF2N4O2/c1-4-12(11-6-20-16(25)21-15(11)24)22-23-13(17)7(2)9-5-10(9)8(3)14(18)19/h4,6-7,9-10H,1,5H2,2-3H3,(H2,20,21,24,25)/b22-12+,23-13+/t7?,9?,10-/m1/s1. The van der Waals surface area contributed by atoms with Gasteiger partial charge in [0.2, 0.25) is 0 Å². The van der Waals surface area contributed by atoms with Gasteiger partial charge >= 0.3 is 5.69 Å². The van der Waals surface area contributed by atoms with E-state index >= 15 is 0 Å². The minimum Gasteiger partial charge on any atom is -0.313 e. The zero-order valence-electron chi connectivity index (χ0n) is 13.6. The Hall–Kier alpha value is -2.35. The summed E-state index contributed by atoms with van der Waals surface area (Å²) in [5.41, 5.74) is -0.991. The van der Waals surface area contributed by atoms with E-state index in [-0.39, 0.29) is 39.8 Å². The molecule has 9 heteroatoms. The molecule has 1 fully saturated rings. The minimum atomic E-state index is -1.66. The van der Waals surface area contributed by atoms with Crippen molar-refractivity contribution in [2.45, 2.75) is 20.3 Å². The number of allylic oxidation sites excluding steroid dienone is 2. The first-order chi connectivity index (χ1) is 11.8. The molecule has 0 aliphatic heterocycles. The summed E-state index contributed by atoms with van der Waals surface area (Å²) in [5, 5.41) is 7.93. The van der Waals surface area contributed by atoms with Crippen molar-refractivity contribution in [2.24, 2.45) is 28.0 Å². The predicted octanol–water partition coefficient (Wildman–Crippen LogP) is 3.03. The molecule has 134 valence electrons. The van der Waals surface area contributed by atoms with Gasteiger partial charge < -0.3 is 4.98 Å². The van der Waals surface area contributed by atoms with Gasteiger partial charge in [-0.1, -0.05) is 25.1 Å². The Balaban J connectivity index is 2.19. The summed E-state index contributed by atoms with van der Waals surface area (Å²) in [5.74, 6) is -0.463. The topological polar surface area (TPSA) is 90.4 Å². The van der Waals surface area contributed by atoms with Crippen LogP contribution in [0.1, 0.15) is 25.8 Å². The number of hydrogen-bond donors (Lipinski definition) is 2. The maximum Gasteiger partial charge on any atom is 0.325 e. The third kappa shape index (κ3) is 4.39. The zero-order chi connectivity index (χ0) is 18.7. The molecule has 3 atom stereocenters. The molecule has 1 aliphatic carbocycles. The van der Waals surface area contributed by atoms with Gasteiger partial charge in [-0.3, -0.25) is 9.78 Å². The monoisotopic (exact) mass is 370 g/mol. The second-order valence-corrected chi connectivity index (χ2v) is 6.22. The van der Waals surface area contributed by atoms with Gasteiger partial charge in [0.15, 0.2) is 0 Å². The van der Waals surface area contributed by atoms with Gasteiger partial charge in [0, 0.05) is 12.1 Å². The van der Waals surface area contributed by atoms with E-state index in [2.05, 4.69) is 26.7 Å². The molecule has 0 bridgehead atoms. The van der Waals surface area contributed by atoms with Crippen LogP contribution in [-0.4, -0.2) is 20.9 Å². The van der Waals surface area contributed by atoms with E-state index in [9.17, 15) is 18.4 Å². The Morgan fingerprint density at radius 1 is 1.44 bits per heavy atom. The van der Waals surface area contributed by atoms with Crippen molar-refractivity contribution in [3.8, 4) is 0 Å². The van der Waals surface area contributed by atoms with Crippen molar-refractivity contribution >= 4 is 22.5 Å². The van der Waals surface area contributed by atoms with Crippen LogP contribution < -0.4 is 11.2 Å². The quantitative estimate of drug-likeness (QED) is 0.595. The van der Waals surface area contributed by atoms with Crippen LogP contribution in [0.15, 0.2) is 50.3 Å². The van der Waals surface area contributed by atoms with E-state index in [1.54, 1.807) is 6.92 Å². The summed E-state index contributed by atoms with van der Waals surface area (Å²) in [7, 11) is 0. The summed E-state index contributed by atoms with van der Waals surface area (Å²) in [6.45, 7) is 6.75. The highest BCUT2D eigenvalue weighted by molar-refractivity contribution is 6.65. The van der Waals surface area contributed by atoms with Crippen molar-refractivity contribution in [3.63, 3.8) is 0 Å². The van der Waals surface area contributed by atoms with Gasteiger partial charge in [-0.25, -0.2) is 4.79 Å². The van der Waals surface area contributed by atoms with Crippen molar-refractivity contribution in [2.75, 3.05) is 0 Å². The molecule has 6 nitrogen and oxygen atoms in total. The predicted molar refractivity (Wildman–Crippen MR) is 93.4 cm³/mol. The fraction of sp³-hybridized carbons (Fsp3) is 0.375. The fourth-order valence-corrected chi connectivity index (χ4v) is 2.78. The van der Waals surface area contributed by atoms with Gasteiger partial charge in [-0.2, -0.15) is 8.78 Å². The molecule has 0 amide bonds. The van der Waals surface area contributed by atoms with Crippen molar-refractivity contribution in [1.82, 2.24) is 9.97 Å². The number of nitrogens with one attached hydrogen (secondary N) is 2. The van der Waals surface area contributed by atoms with Crippen LogP contribution in [0.4, 0.5) is 8.78 Å². The Labute approximate surface area is 147 Å². The van der Waals surface area contributed by atoms with Crippen LogP contribution in [0.3, 0.4) is 0 Å². The van der Waals surface area contributed by atoms with Gasteiger partial charge in [-0.05, 0) is 36.8 Å². The third-order valence-electron chi connectivity index (χ3n) is 4.25. The normalized spacial score (nSPS) is 21.6. The average molecular weight is 371 g/mol. The van der Waals surface area contributed by atoms with E-state index in [1.807, 2.05) is 0 Å². The maximum atomic E-state index is 12.6. The van der Waals surface area contributed by atoms with Crippen LogP contribution >= 0.6 is 11.6 Å². The fourth-order valence-electron chi connectivity index (χ4n) is 2.58. The molecular weight excluding hydrogens is 354 g/mol. The van der Waals surface area contributed by atoms with E-state index in [4.69, 9.17) is 11.6 Å². The minimum absolute atomic E-state index is 0.0170. The lowest BCUT2D eigenvalue weighted by Gasteiger charge is -2.08. The average Bonchev–Trinajstić information content (AvgIpc) is 3.35. The van der Waals surface area contributed by atoms with Crippen LogP contribution in [0.5, 0.6) is 0 Å². The Morgan fingerprint density at radius 2 is 2.12 bits per heavy atom. The highest BCUT2D eigenvalue weighted by Crippen LogP contribution is 2.50. The van der Waals surface area contributed by atoms with E-state index in [0.717, 1.165) is 0 Å². The summed E-state index contributed by atoms with van der Waals surface area (Å²) in [4.78, 5) is 27.2. The number of hydrogen-bond acceptors (Lipinski definition) is 4. The van der Waals surface area contributed by atoms with Crippen LogP contribution in [-0.2, 0) is 0 Å². The molecule has 0 radical (unpaired) electrons. The zero-order valence-corrected chi connectivity index (χ0v) is 14.4. The molecule has 1 saturated carbocycles. The molecule has 1 aromatic rings. The first kappa shape index (κ1) is 19.0. The van der Waals surface area contributed by atoms with Gasteiger partial charge in [0.25, 0.3) is 11.6 Å². The smallest absolute Gasteiger partial charge is 0.313 e. The maximum absolute atomic E-state index is 12.6. The van der Waals surface area contributed by atoms with Crippen LogP contribution in [0.2, 0.25) is 0 Å². The molecule has 1 aromatic heterocycles.